The number of rotatable bonds is 8. The fourth-order valence-corrected chi connectivity index (χ4v) is 3.13. The van der Waals surface area contributed by atoms with Crippen molar-refractivity contribution in [2.45, 2.75) is 77.4 Å². The van der Waals surface area contributed by atoms with Crippen LogP contribution >= 0.6 is 0 Å². The zero-order valence-corrected chi connectivity index (χ0v) is 15.5. The molecule has 1 unspecified atom stereocenters. The Hall–Kier alpha value is -1.55. The first-order chi connectivity index (χ1) is 11.5. The van der Waals surface area contributed by atoms with Crippen LogP contribution in [0.2, 0.25) is 0 Å². The normalized spacial score (nSPS) is 17.5. The first-order valence-electron chi connectivity index (χ1n) is 9.12. The molecule has 1 aromatic carbocycles. The Labute approximate surface area is 145 Å². The van der Waals surface area contributed by atoms with Crippen LogP contribution in [0.25, 0.3) is 0 Å². The highest BCUT2D eigenvalue weighted by molar-refractivity contribution is 5.97. The van der Waals surface area contributed by atoms with E-state index in [2.05, 4.69) is 12.2 Å². The van der Waals surface area contributed by atoms with Gasteiger partial charge in [0.05, 0.1) is 6.10 Å². The maximum absolute atomic E-state index is 12.6. The number of hydrogen-bond donors (Lipinski definition) is 1. The molecule has 134 valence electrons. The summed E-state index contributed by atoms with van der Waals surface area (Å²) in [5, 5.41) is 2.98. The minimum absolute atomic E-state index is 0.0951. The van der Waals surface area contributed by atoms with Gasteiger partial charge in [0, 0.05) is 12.8 Å². The molecule has 0 heterocycles. The number of methoxy groups -OCH3 is 1. The molecule has 1 atom stereocenters. The van der Waals surface area contributed by atoms with E-state index in [1.165, 1.54) is 12.8 Å². The predicted octanol–water partition coefficient (Wildman–Crippen LogP) is 4.85. The van der Waals surface area contributed by atoms with Gasteiger partial charge in [-0.05, 0) is 69.7 Å². The third-order valence-electron chi connectivity index (χ3n) is 4.97. The smallest absolute Gasteiger partial charge is 0.256 e. The van der Waals surface area contributed by atoms with E-state index in [1.54, 1.807) is 7.11 Å². The summed E-state index contributed by atoms with van der Waals surface area (Å²) in [7, 11) is 1.60. The number of unbranched alkanes of at least 4 members (excludes halogenated alkanes) is 1. The van der Waals surface area contributed by atoms with E-state index in [0.717, 1.165) is 42.7 Å². The molecule has 0 saturated heterocycles. The largest absolute Gasteiger partial charge is 0.490 e. The standard InChI is InChI=1S/C20H31NO3/c1-5-6-13-20(3,23-4)19(22)21-16-11-12-18(15(2)14-16)24-17-9-7-8-10-17/h11-12,14,17H,5-10,13H2,1-4H3,(H,21,22). The molecule has 1 N–H and O–H groups in total. The van der Waals surface area contributed by atoms with Crippen LogP contribution in [0.1, 0.15) is 64.4 Å². The number of aryl methyl sites for hydroxylation is 1. The van der Waals surface area contributed by atoms with E-state index < -0.39 is 5.60 Å². The van der Waals surface area contributed by atoms with Gasteiger partial charge in [0.25, 0.3) is 5.91 Å². The minimum atomic E-state index is -0.789. The molecule has 4 nitrogen and oxygen atoms in total. The van der Waals surface area contributed by atoms with Gasteiger partial charge in [-0.25, -0.2) is 0 Å². The van der Waals surface area contributed by atoms with Gasteiger partial charge in [0.15, 0.2) is 0 Å². The van der Waals surface area contributed by atoms with Crippen LogP contribution < -0.4 is 10.1 Å². The van der Waals surface area contributed by atoms with Crippen LogP contribution in [0, 0.1) is 6.92 Å². The molecule has 0 spiro atoms. The monoisotopic (exact) mass is 333 g/mol. The third kappa shape index (κ3) is 4.73. The Bertz CT molecular complexity index is 552. The summed E-state index contributed by atoms with van der Waals surface area (Å²) in [6.45, 7) is 5.98. The van der Waals surface area contributed by atoms with Gasteiger partial charge in [0.2, 0.25) is 0 Å². The molecule has 0 bridgehead atoms. The Morgan fingerprint density at radius 3 is 2.62 bits per heavy atom. The molecule has 1 aliphatic rings. The quantitative estimate of drug-likeness (QED) is 0.740. The summed E-state index contributed by atoms with van der Waals surface area (Å²) in [5.74, 6) is 0.822. The lowest BCUT2D eigenvalue weighted by Crippen LogP contribution is -2.41. The number of ether oxygens (including phenoxy) is 2. The third-order valence-corrected chi connectivity index (χ3v) is 4.97. The van der Waals surface area contributed by atoms with Crippen molar-refractivity contribution in [3.63, 3.8) is 0 Å². The van der Waals surface area contributed by atoms with Gasteiger partial charge < -0.3 is 14.8 Å². The van der Waals surface area contributed by atoms with Crippen LogP contribution in [0.4, 0.5) is 5.69 Å². The van der Waals surface area contributed by atoms with E-state index in [4.69, 9.17) is 9.47 Å². The van der Waals surface area contributed by atoms with Crippen molar-refractivity contribution in [3.8, 4) is 5.75 Å². The van der Waals surface area contributed by atoms with Gasteiger partial charge in [0.1, 0.15) is 11.4 Å². The SMILES string of the molecule is CCCCC(C)(OC)C(=O)Nc1ccc(OC2CCCC2)c(C)c1. The van der Waals surface area contributed by atoms with Gasteiger partial charge >= 0.3 is 0 Å². The maximum atomic E-state index is 12.6. The first-order valence-corrected chi connectivity index (χ1v) is 9.12. The number of amides is 1. The molecule has 0 aliphatic heterocycles. The lowest BCUT2D eigenvalue weighted by Gasteiger charge is -2.27. The minimum Gasteiger partial charge on any atom is -0.490 e. The molecule has 1 aromatic rings. The Balaban J connectivity index is 2.01. The molecule has 0 aromatic heterocycles. The molecule has 0 radical (unpaired) electrons. The van der Waals surface area contributed by atoms with Crippen molar-refractivity contribution in [2.75, 3.05) is 12.4 Å². The summed E-state index contributed by atoms with van der Waals surface area (Å²) in [6, 6.07) is 5.84. The van der Waals surface area contributed by atoms with E-state index in [-0.39, 0.29) is 5.91 Å². The molecule has 1 aliphatic carbocycles. The molecule has 1 saturated carbocycles. The van der Waals surface area contributed by atoms with Crippen molar-refractivity contribution >= 4 is 11.6 Å². The second kappa shape index (κ2) is 8.52. The molecular weight excluding hydrogens is 302 g/mol. The number of carbonyl (C=O) groups excluding carboxylic acids is 1. The second-order valence-corrected chi connectivity index (χ2v) is 7.00. The molecule has 24 heavy (non-hydrogen) atoms. The van der Waals surface area contributed by atoms with Crippen molar-refractivity contribution < 1.29 is 14.3 Å². The topological polar surface area (TPSA) is 47.6 Å². The zero-order valence-electron chi connectivity index (χ0n) is 15.5. The highest BCUT2D eigenvalue weighted by Gasteiger charge is 2.32. The van der Waals surface area contributed by atoms with Crippen molar-refractivity contribution in [1.82, 2.24) is 0 Å². The molecular formula is C20H31NO3. The summed E-state index contributed by atoms with van der Waals surface area (Å²) in [4.78, 5) is 12.6. The highest BCUT2D eigenvalue weighted by Crippen LogP contribution is 2.29. The Morgan fingerprint density at radius 1 is 1.33 bits per heavy atom. The van der Waals surface area contributed by atoms with Gasteiger partial charge in [-0.1, -0.05) is 19.8 Å². The number of benzene rings is 1. The van der Waals surface area contributed by atoms with Gasteiger partial charge in [-0.15, -0.1) is 0 Å². The lowest BCUT2D eigenvalue weighted by atomic mass is 9.97. The Morgan fingerprint density at radius 2 is 2.04 bits per heavy atom. The van der Waals surface area contributed by atoms with Crippen LogP contribution in [0.5, 0.6) is 5.75 Å². The summed E-state index contributed by atoms with van der Waals surface area (Å²) in [6.07, 6.45) is 7.85. The number of anilines is 1. The van der Waals surface area contributed by atoms with E-state index in [1.807, 2.05) is 32.0 Å². The van der Waals surface area contributed by atoms with Crippen molar-refractivity contribution in [2.24, 2.45) is 0 Å². The fourth-order valence-electron chi connectivity index (χ4n) is 3.13. The molecule has 1 amide bonds. The summed E-state index contributed by atoms with van der Waals surface area (Å²) < 4.78 is 11.6. The predicted molar refractivity (Wildman–Crippen MR) is 97.6 cm³/mol. The Kier molecular flexibility index (Phi) is 6.67. The molecule has 4 heteroatoms. The first kappa shape index (κ1) is 18.8. The second-order valence-electron chi connectivity index (χ2n) is 7.00. The number of nitrogens with one attached hydrogen (secondary N) is 1. The molecule has 2 rings (SSSR count). The van der Waals surface area contributed by atoms with Crippen LogP contribution in [0.15, 0.2) is 18.2 Å². The van der Waals surface area contributed by atoms with Crippen molar-refractivity contribution in [1.29, 1.82) is 0 Å². The van der Waals surface area contributed by atoms with Crippen LogP contribution in [-0.4, -0.2) is 24.7 Å². The summed E-state index contributed by atoms with van der Waals surface area (Å²) in [5.41, 5.74) is 1.05. The lowest BCUT2D eigenvalue weighted by molar-refractivity contribution is -0.136. The molecule has 1 fully saturated rings. The number of carbonyl (C=O) groups is 1. The highest BCUT2D eigenvalue weighted by atomic mass is 16.5. The average Bonchev–Trinajstić information content (AvgIpc) is 3.08. The van der Waals surface area contributed by atoms with Crippen LogP contribution in [0.3, 0.4) is 0 Å². The zero-order chi connectivity index (χ0) is 17.6. The number of hydrogen-bond acceptors (Lipinski definition) is 3. The average molecular weight is 333 g/mol. The summed E-state index contributed by atoms with van der Waals surface area (Å²) >= 11 is 0. The van der Waals surface area contributed by atoms with E-state index in [0.29, 0.717) is 12.5 Å². The van der Waals surface area contributed by atoms with Gasteiger partial charge in [-0.2, -0.15) is 0 Å². The van der Waals surface area contributed by atoms with E-state index in [9.17, 15) is 4.79 Å². The maximum Gasteiger partial charge on any atom is 0.256 e. The van der Waals surface area contributed by atoms with Crippen LogP contribution in [-0.2, 0) is 9.53 Å². The van der Waals surface area contributed by atoms with Gasteiger partial charge in [-0.3, -0.25) is 4.79 Å². The fraction of sp³-hybridized carbons (Fsp3) is 0.650. The van der Waals surface area contributed by atoms with Crippen molar-refractivity contribution in [3.05, 3.63) is 23.8 Å². The van der Waals surface area contributed by atoms with E-state index >= 15 is 0 Å².